The maximum atomic E-state index is 7.81. The number of aryl methyl sites for hydroxylation is 2. The first-order chi connectivity index (χ1) is 6.70. The van der Waals surface area contributed by atoms with Crippen LogP contribution in [0.25, 0.3) is 0 Å². The summed E-state index contributed by atoms with van der Waals surface area (Å²) >= 11 is 1.92. The third kappa shape index (κ3) is 1.63. The highest BCUT2D eigenvalue weighted by molar-refractivity contribution is 7.12. The first-order valence-electron chi connectivity index (χ1n) is 5.37. The average Bonchev–Trinajstić information content (AvgIpc) is 2.31. The summed E-state index contributed by atoms with van der Waals surface area (Å²) in [6.07, 6.45) is 6.45. The predicted octanol–water partition coefficient (Wildman–Crippen LogP) is 3.71. The van der Waals surface area contributed by atoms with Gasteiger partial charge in [0.15, 0.2) is 0 Å². The smallest absolute Gasteiger partial charge is 0.0369 e. The lowest BCUT2D eigenvalue weighted by molar-refractivity contribution is 0.712. The molecule has 2 heteroatoms. The largest absolute Gasteiger partial charge is 0.305 e. The molecule has 2 rings (SSSR count). The molecule has 14 heavy (non-hydrogen) atoms. The predicted molar refractivity (Wildman–Crippen MR) is 62.8 cm³/mol. The maximum absolute atomic E-state index is 7.81. The van der Waals surface area contributed by atoms with Crippen molar-refractivity contribution in [1.29, 1.82) is 5.41 Å². The van der Waals surface area contributed by atoms with Crippen molar-refractivity contribution in [3.05, 3.63) is 20.9 Å². The lowest BCUT2D eigenvalue weighted by Crippen LogP contribution is -1.98. The summed E-state index contributed by atoms with van der Waals surface area (Å²) in [5, 5.41) is 7.81. The van der Waals surface area contributed by atoms with Crippen LogP contribution in [-0.2, 0) is 12.8 Å². The van der Waals surface area contributed by atoms with Crippen LogP contribution in [0, 0.1) is 12.3 Å². The van der Waals surface area contributed by atoms with Gasteiger partial charge in [0.05, 0.1) is 0 Å². The van der Waals surface area contributed by atoms with Crippen LogP contribution in [0.4, 0.5) is 0 Å². The highest BCUT2D eigenvalue weighted by Gasteiger charge is 2.18. The Balaban J connectivity index is 2.49. The van der Waals surface area contributed by atoms with Crippen LogP contribution >= 0.6 is 11.3 Å². The highest BCUT2D eigenvalue weighted by Crippen LogP contribution is 2.33. The van der Waals surface area contributed by atoms with E-state index in [9.17, 15) is 0 Å². The maximum Gasteiger partial charge on any atom is 0.0369 e. The van der Waals surface area contributed by atoms with Gasteiger partial charge in [0.1, 0.15) is 0 Å². The van der Waals surface area contributed by atoms with Gasteiger partial charge in [-0.15, -0.1) is 11.3 Å². The molecule has 0 saturated heterocycles. The van der Waals surface area contributed by atoms with Gasteiger partial charge in [0, 0.05) is 21.0 Å². The molecule has 0 spiro atoms. The Morgan fingerprint density at radius 2 is 1.93 bits per heavy atom. The van der Waals surface area contributed by atoms with Crippen molar-refractivity contribution in [2.45, 2.75) is 46.0 Å². The summed E-state index contributed by atoms with van der Waals surface area (Å²) in [4.78, 5) is 2.91. The molecule has 1 N–H and O–H groups in total. The molecule has 1 aliphatic carbocycles. The van der Waals surface area contributed by atoms with Gasteiger partial charge in [-0.05, 0) is 45.1 Å². The number of rotatable bonds is 1. The minimum Gasteiger partial charge on any atom is -0.305 e. The van der Waals surface area contributed by atoms with Crippen molar-refractivity contribution in [2.24, 2.45) is 0 Å². The third-order valence-electron chi connectivity index (χ3n) is 2.97. The fourth-order valence-corrected chi connectivity index (χ4v) is 3.69. The van der Waals surface area contributed by atoms with Gasteiger partial charge in [-0.2, -0.15) is 0 Å². The van der Waals surface area contributed by atoms with E-state index < -0.39 is 0 Å². The van der Waals surface area contributed by atoms with Gasteiger partial charge in [-0.25, -0.2) is 0 Å². The first-order valence-corrected chi connectivity index (χ1v) is 6.18. The Morgan fingerprint density at radius 1 is 1.21 bits per heavy atom. The molecule has 0 radical (unpaired) electrons. The molecular formula is C12H17NS. The van der Waals surface area contributed by atoms with E-state index in [2.05, 4.69) is 6.92 Å². The molecule has 0 unspecified atom stereocenters. The van der Waals surface area contributed by atoms with E-state index >= 15 is 0 Å². The molecule has 1 heterocycles. The lowest BCUT2D eigenvalue weighted by Gasteiger charge is -2.03. The Kier molecular flexibility index (Phi) is 2.73. The monoisotopic (exact) mass is 207 g/mol. The molecule has 0 aliphatic heterocycles. The molecule has 0 saturated carbocycles. The standard InChI is InChI=1S/C12H17NS/c1-8(13)12-9(2)14-11-7-5-3-4-6-10(11)12/h13H,3-7H2,1-2H3. The molecule has 0 bridgehead atoms. The second-order valence-corrected chi connectivity index (χ2v) is 5.43. The van der Waals surface area contributed by atoms with Crippen LogP contribution in [0.2, 0.25) is 0 Å². The fourth-order valence-electron chi connectivity index (χ4n) is 2.37. The van der Waals surface area contributed by atoms with E-state index in [0.29, 0.717) is 0 Å². The molecule has 1 aliphatic rings. The van der Waals surface area contributed by atoms with Crippen molar-refractivity contribution >= 4 is 17.0 Å². The van der Waals surface area contributed by atoms with Crippen LogP contribution in [0.3, 0.4) is 0 Å². The van der Waals surface area contributed by atoms with E-state index in [0.717, 1.165) is 5.71 Å². The summed E-state index contributed by atoms with van der Waals surface area (Å²) < 4.78 is 0. The van der Waals surface area contributed by atoms with Gasteiger partial charge in [-0.3, -0.25) is 0 Å². The molecular weight excluding hydrogens is 190 g/mol. The van der Waals surface area contributed by atoms with Crippen LogP contribution in [0.15, 0.2) is 0 Å². The lowest BCUT2D eigenvalue weighted by atomic mass is 10.0. The third-order valence-corrected chi connectivity index (χ3v) is 4.18. The second kappa shape index (κ2) is 3.85. The number of nitrogens with one attached hydrogen (secondary N) is 1. The Hall–Kier alpha value is -0.630. The molecule has 0 amide bonds. The number of hydrogen-bond donors (Lipinski definition) is 1. The van der Waals surface area contributed by atoms with Crippen molar-refractivity contribution in [3.8, 4) is 0 Å². The van der Waals surface area contributed by atoms with Gasteiger partial charge < -0.3 is 5.41 Å². The van der Waals surface area contributed by atoms with Crippen molar-refractivity contribution in [1.82, 2.24) is 0 Å². The van der Waals surface area contributed by atoms with E-state index in [-0.39, 0.29) is 0 Å². The van der Waals surface area contributed by atoms with Crippen LogP contribution in [-0.4, -0.2) is 5.71 Å². The zero-order valence-corrected chi connectivity index (χ0v) is 9.76. The van der Waals surface area contributed by atoms with Crippen LogP contribution in [0.1, 0.15) is 47.1 Å². The molecule has 0 fully saturated rings. The van der Waals surface area contributed by atoms with Crippen molar-refractivity contribution in [2.75, 3.05) is 0 Å². The molecule has 0 atom stereocenters. The number of fused-ring (bicyclic) bond motifs is 1. The van der Waals surface area contributed by atoms with Crippen LogP contribution in [0.5, 0.6) is 0 Å². The minimum atomic E-state index is 0.752. The van der Waals surface area contributed by atoms with E-state index in [1.54, 1.807) is 4.88 Å². The molecule has 1 aromatic heterocycles. The van der Waals surface area contributed by atoms with Gasteiger partial charge >= 0.3 is 0 Å². The number of hydrogen-bond acceptors (Lipinski definition) is 2. The normalized spacial score (nSPS) is 16.1. The van der Waals surface area contributed by atoms with Gasteiger partial charge in [0.25, 0.3) is 0 Å². The Labute approximate surface area is 89.7 Å². The molecule has 1 nitrogen and oxygen atoms in total. The summed E-state index contributed by atoms with van der Waals surface area (Å²) in [5.74, 6) is 0. The van der Waals surface area contributed by atoms with Crippen molar-refractivity contribution < 1.29 is 0 Å². The average molecular weight is 207 g/mol. The van der Waals surface area contributed by atoms with Gasteiger partial charge in [0.2, 0.25) is 0 Å². The number of thiophene rings is 1. The molecule has 76 valence electrons. The second-order valence-electron chi connectivity index (χ2n) is 4.12. The molecule has 0 aromatic carbocycles. The highest BCUT2D eigenvalue weighted by atomic mass is 32.1. The fraction of sp³-hybridized carbons (Fsp3) is 0.583. The summed E-state index contributed by atoms with van der Waals surface area (Å²) in [6, 6.07) is 0. The zero-order valence-electron chi connectivity index (χ0n) is 8.94. The Morgan fingerprint density at radius 3 is 2.64 bits per heavy atom. The van der Waals surface area contributed by atoms with Crippen LogP contribution < -0.4 is 0 Å². The Bertz CT molecular complexity index is 363. The summed E-state index contributed by atoms with van der Waals surface area (Å²) in [5.41, 5.74) is 3.51. The quantitative estimate of drug-likeness (QED) is 0.536. The molecule has 1 aromatic rings. The van der Waals surface area contributed by atoms with Gasteiger partial charge in [-0.1, -0.05) is 6.42 Å². The SMILES string of the molecule is CC(=N)c1c(C)sc2c1CCCCC2. The minimum absolute atomic E-state index is 0.752. The topological polar surface area (TPSA) is 23.9 Å². The summed E-state index contributed by atoms with van der Waals surface area (Å²) in [7, 11) is 0. The van der Waals surface area contributed by atoms with E-state index in [1.165, 1.54) is 48.1 Å². The first kappa shape index (κ1) is 9.91. The van der Waals surface area contributed by atoms with E-state index in [4.69, 9.17) is 5.41 Å². The zero-order chi connectivity index (χ0) is 10.1. The van der Waals surface area contributed by atoms with E-state index in [1.807, 2.05) is 18.3 Å². The van der Waals surface area contributed by atoms with Crippen molar-refractivity contribution in [3.63, 3.8) is 0 Å². The summed E-state index contributed by atoms with van der Waals surface area (Å²) in [6.45, 7) is 4.08.